The van der Waals surface area contributed by atoms with Crippen LogP contribution in [-0.2, 0) is 0 Å². The molecule has 0 spiro atoms. The molecular weight excluding hydrogens is 268 g/mol. The molecule has 0 N–H and O–H groups in total. The second-order valence-electron chi connectivity index (χ2n) is 4.66. The van der Waals surface area contributed by atoms with E-state index in [4.69, 9.17) is 14.2 Å². The number of benzene rings is 2. The highest BCUT2D eigenvalue weighted by atomic mass is 16.5. The lowest BCUT2D eigenvalue weighted by molar-refractivity contribution is 0.0733. The number of hydrogen-bond donors (Lipinski definition) is 0. The van der Waals surface area contributed by atoms with Crippen LogP contribution >= 0.6 is 0 Å². The van der Waals surface area contributed by atoms with Gasteiger partial charge < -0.3 is 14.2 Å². The second-order valence-corrected chi connectivity index (χ2v) is 4.66. The summed E-state index contributed by atoms with van der Waals surface area (Å²) in [4.78, 5) is 12.2. The monoisotopic (exact) mass is 286 g/mol. The van der Waals surface area contributed by atoms with Gasteiger partial charge in [0.1, 0.15) is 5.75 Å². The zero-order valence-corrected chi connectivity index (χ0v) is 12.6. The van der Waals surface area contributed by atoms with Gasteiger partial charge in [0, 0.05) is 0 Å². The fourth-order valence-corrected chi connectivity index (χ4v) is 1.96. The Morgan fingerprint density at radius 2 is 1.62 bits per heavy atom. The Morgan fingerprint density at radius 1 is 0.905 bits per heavy atom. The molecule has 0 aliphatic carbocycles. The van der Waals surface area contributed by atoms with Crippen molar-refractivity contribution in [3.63, 3.8) is 0 Å². The fourth-order valence-electron chi connectivity index (χ4n) is 1.96. The predicted molar refractivity (Wildman–Crippen MR) is 80.4 cm³/mol. The van der Waals surface area contributed by atoms with Gasteiger partial charge in [0.15, 0.2) is 11.5 Å². The van der Waals surface area contributed by atoms with Crippen molar-refractivity contribution >= 4 is 5.97 Å². The van der Waals surface area contributed by atoms with Gasteiger partial charge in [0.25, 0.3) is 0 Å². The largest absolute Gasteiger partial charge is 0.493 e. The third-order valence-electron chi connectivity index (χ3n) is 3.38. The highest BCUT2D eigenvalue weighted by molar-refractivity contribution is 5.92. The van der Waals surface area contributed by atoms with Gasteiger partial charge >= 0.3 is 5.97 Å². The number of ether oxygens (including phenoxy) is 3. The van der Waals surface area contributed by atoms with Crippen molar-refractivity contribution in [2.45, 2.75) is 13.8 Å². The maximum absolute atomic E-state index is 12.2. The van der Waals surface area contributed by atoms with Gasteiger partial charge in [-0.15, -0.1) is 0 Å². The third kappa shape index (κ3) is 3.16. The molecule has 0 aliphatic rings. The van der Waals surface area contributed by atoms with Gasteiger partial charge in [0.05, 0.1) is 19.8 Å². The molecule has 0 aliphatic heterocycles. The van der Waals surface area contributed by atoms with E-state index in [9.17, 15) is 4.79 Å². The normalized spacial score (nSPS) is 10.1. The van der Waals surface area contributed by atoms with E-state index in [0.717, 1.165) is 11.1 Å². The molecule has 4 heteroatoms. The quantitative estimate of drug-likeness (QED) is 0.637. The van der Waals surface area contributed by atoms with Crippen molar-refractivity contribution in [3.8, 4) is 17.2 Å². The zero-order valence-electron chi connectivity index (χ0n) is 12.6. The van der Waals surface area contributed by atoms with Gasteiger partial charge in [0.2, 0.25) is 0 Å². The minimum atomic E-state index is -0.426. The molecule has 4 nitrogen and oxygen atoms in total. The van der Waals surface area contributed by atoms with Crippen molar-refractivity contribution in [1.29, 1.82) is 0 Å². The smallest absolute Gasteiger partial charge is 0.343 e. The molecule has 21 heavy (non-hydrogen) atoms. The molecule has 0 saturated heterocycles. The van der Waals surface area contributed by atoms with Gasteiger partial charge in [-0.2, -0.15) is 0 Å². The molecular formula is C17H18O4. The van der Waals surface area contributed by atoms with Gasteiger partial charge in [-0.3, -0.25) is 0 Å². The fraction of sp³-hybridized carbons (Fsp3) is 0.235. The number of rotatable bonds is 4. The van der Waals surface area contributed by atoms with Crippen molar-refractivity contribution in [1.82, 2.24) is 0 Å². The van der Waals surface area contributed by atoms with Crippen LogP contribution in [-0.4, -0.2) is 20.2 Å². The first kappa shape index (κ1) is 14.9. The van der Waals surface area contributed by atoms with Gasteiger partial charge in [-0.1, -0.05) is 12.1 Å². The Labute approximate surface area is 124 Å². The molecule has 0 aromatic heterocycles. The summed E-state index contributed by atoms with van der Waals surface area (Å²) in [5, 5.41) is 0. The predicted octanol–water partition coefficient (Wildman–Crippen LogP) is 3.54. The van der Waals surface area contributed by atoms with E-state index in [1.54, 1.807) is 31.4 Å². The lowest BCUT2D eigenvalue weighted by Crippen LogP contribution is -2.10. The van der Waals surface area contributed by atoms with Crippen molar-refractivity contribution in [3.05, 3.63) is 53.1 Å². The van der Waals surface area contributed by atoms with Gasteiger partial charge in [-0.25, -0.2) is 4.79 Å². The first-order valence-electron chi connectivity index (χ1n) is 6.57. The minimum Gasteiger partial charge on any atom is -0.493 e. The zero-order chi connectivity index (χ0) is 15.4. The van der Waals surface area contributed by atoms with E-state index in [1.165, 1.54) is 7.11 Å². The number of esters is 1. The summed E-state index contributed by atoms with van der Waals surface area (Å²) in [6.45, 7) is 3.90. The number of aryl methyl sites for hydroxylation is 1. The Balaban J connectivity index is 2.26. The third-order valence-corrected chi connectivity index (χ3v) is 3.38. The highest BCUT2D eigenvalue weighted by Crippen LogP contribution is 2.28. The Bertz CT molecular complexity index is 662. The summed E-state index contributed by atoms with van der Waals surface area (Å²) in [5.41, 5.74) is 2.44. The summed E-state index contributed by atoms with van der Waals surface area (Å²) in [7, 11) is 3.07. The molecule has 0 saturated carbocycles. The van der Waals surface area contributed by atoms with E-state index in [0.29, 0.717) is 22.8 Å². The number of hydrogen-bond acceptors (Lipinski definition) is 4. The van der Waals surface area contributed by atoms with E-state index >= 15 is 0 Å². The molecule has 0 heterocycles. The molecule has 2 aromatic rings. The van der Waals surface area contributed by atoms with E-state index < -0.39 is 5.97 Å². The lowest BCUT2D eigenvalue weighted by Gasteiger charge is -2.11. The molecule has 2 rings (SSSR count). The van der Waals surface area contributed by atoms with E-state index in [-0.39, 0.29) is 0 Å². The van der Waals surface area contributed by atoms with Crippen LogP contribution in [0.1, 0.15) is 21.5 Å². The average molecular weight is 286 g/mol. The van der Waals surface area contributed by atoms with Crippen molar-refractivity contribution < 1.29 is 19.0 Å². The first-order valence-corrected chi connectivity index (χ1v) is 6.57. The van der Waals surface area contributed by atoms with Crippen LogP contribution in [0.4, 0.5) is 0 Å². The molecule has 2 aromatic carbocycles. The molecule has 0 atom stereocenters. The molecule has 0 unspecified atom stereocenters. The summed E-state index contributed by atoms with van der Waals surface area (Å²) in [6, 6.07) is 10.5. The lowest BCUT2D eigenvalue weighted by atomic mass is 10.1. The van der Waals surface area contributed by atoms with E-state index in [2.05, 4.69) is 0 Å². The Kier molecular flexibility index (Phi) is 4.48. The van der Waals surface area contributed by atoms with Crippen molar-refractivity contribution in [2.75, 3.05) is 14.2 Å². The summed E-state index contributed by atoms with van der Waals surface area (Å²) in [5.74, 6) is 1.20. The Morgan fingerprint density at radius 3 is 2.29 bits per heavy atom. The van der Waals surface area contributed by atoms with Crippen LogP contribution in [0.25, 0.3) is 0 Å². The number of methoxy groups -OCH3 is 2. The Hall–Kier alpha value is -2.49. The van der Waals surface area contributed by atoms with Crippen LogP contribution in [0.5, 0.6) is 17.2 Å². The van der Waals surface area contributed by atoms with Crippen LogP contribution < -0.4 is 14.2 Å². The first-order chi connectivity index (χ1) is 10.1. The summed E-state index contributed by atoms with van der Waals surface area (Å²) in [6.07, 6.45) is 0. The van der Waals surface area contributed by atoms with Crippen LogP contribution in [0, 0.1) is 13.8 Å². The van der Waals surface area contributed by atoms with E-state index in [1.807, 2.05) is 26.0 Å². The van der Waals surface area contributed by atoms with Gasteiger partial charge in [-0.05, 0) is 49.2 Å². The molecule has 0 amide bonds. The van der Waals surface area contributed by atoms with Crippen LogP contribution in [0.15, 0.2) is 36.4 Å². The molecule has 0 radical (unpaired) electrons. The SMILES string of the molecule is COc1ccc(C(=O)Oc2cccc(C)c2C)cc1OC. The van der Waals surface area contributed by atoms with Crippen LogP contribution in [0.2, 0.25) is 0 Å². The molecule has 0 fully saturated rings. The second kappa shape index (κ2) is 6.31. The van der Waals surface area contributed by atoms with Crippen LogP contribution in [0.3, 0.4) is 0 Å². The highest BCUT2D eigenvalue weighted by Gasteiger charge is 2.14. The standard InChI is InChI=1S/C17H18O4/c1-11-6-5-7-14(12(11)2)21-17(18)13-8-9-15(19-3)16(10-13)20-4/h5-10H,1-4H3. The number of carbonyl (C=O) groups is 1. The maximum atomic E-state index is 12.2. The minimum absolute atomic E-state index is 0.411. The summed E-state index contributed by atoms with van der Waals surface area (Å²) >= 11 is 0. The molecule has 0 bridgehead atoms. The van der Waals surface area contributed by atoms with Crippen molar-refractivity contribution in [2.24, 2.45) is 0 Å². The summed E-state index contributed by atoms with van der Waals surface area (Å²) < 4.78 is 15.8. The molecule has 110 valence electrons. The topological polar surface area (TPSA) is 44.8 Å². The maximum Gasteiger partial charge on any atom is 0.343 e. The average Bonchev–Trinajstić information content (AvgIpc) is 2.51. The number of carbonyl (C=O) groups excluding carboxylic acids is 1.